The second kappa shape index (κ2) is 8.23. The van der Waals surface area contributed by atoms with Crippen molar-refractivity contribution in [1.29, 1.82) is 0 Å². The number of carbonyl (C=O) groups excluding carboxylic acids is 1. The first-order valence-corrected chi connectivity index (χ1v) is 9.33. The summed E-state index contributed by atoms with van der Waals surface area (Å²) in [5.41, 5.74) is 2.94. The fourth-order valence-corrected chi connectivity index (χ4v) is 3.29. The van der Waals surface area contributed by atoms with Gasteiger partial charge in [0.25, 0.3) is 0 Å². The fourth-order valence-electron chi connectivity index (χ4n) is 3.29. The second-order valence-electron chi connectivity index (χ2n) is 6.79. The van der Waals surface area contributed by atoms with E-state index in [1.54, 1.807) is 24.4 Å². The van der Waals surface area contributed by atoms with Gasteiger partial charge in [0, 0.05) is 35.0 Å². The minimum Gasteiger partial charge on any atom is -0.497 e. The molecule has 0 unspecified atom stereocenters. The lowest BCUT2D eigenvalue weighted by Gasteiger charge is -2.06. The number of carboxylic acid groups (broad SMARTS) is 1. The number of pyridine rings is 1. The van der Waals surface area contributed by atoms with Crippen molar-refractivity contribution in [3.05, 3.63) is 89.5 Å². The highest BCUT2D eigenvalue weighted by molar-refractivity contribution is 6.16. The lowest BCUT2D eigenvalue weighted by Crippen LogP contribution is -2.04. The minimum absolute atomic E-state index is 0.0912. The maximum Gasteiger partial charge on any atom is 0.328 e. The van der Waals surface area contributed by atoms with Crippen molar-refractivity contribution in [2.45, 2.75) is 0 Å². The summed E-state index contributed by atoms with van der Waals surface area (Å²) in [5.74, 6) is -1.77. The molecule has 0 aliphatic carbocycles. The van der Waals surface area contributed by atoms with Crippen LogP contribution in [0, 0.1) is 5.82 Å². The number of nitrogens with one attached hydrogen (secondary N) is 1. The number of ketones is 1. The zero-order valence-corrected chi connectivity index (χ0v) is 16.4. The van der Waals surface area contributed by atoms with Crippen molar-refractivity contribution in [1.82, 2.24) is 9.97 Å². The van der Waals surface area contributed by atoms with Crippen LogP contribution in [0.3, 0.4) is 0 Å². The second-order valence-corrected chi connectivity index (χ2v) is 6.79. The normalized spacial score (nSPS) is 11.2. The number of fused-ring (bicyclic) bond motifs is 1. The first-order valence-electron chi connectivity index (χ1n) is 9.33. The molecule has 0 saturated heterocycles. The molecule has 0 spiro atoms. The SMILES string of the molecule is COc1ccc(F)c(C(=O)c2c[nH]c3ncc(-c4cccc(C=CC(=O)O)c4)cc23)c1. The van der Waals surface area contributed by atoms with Gasteiger partial charge in [0.15, 0.2) is 5.78 Å². The number of nitrogens with zero attached hydrogens (tertiary/aromatic N) is 1. The fraction of sp³-hybridized carbons (Fsp3) is 0.0417. The van der Waals surface area contributed by atoms with Gasteiger partial charge in [0.05, 0.1) is 12.7 Å². The number of methoxy groups -OCH3 is 1. The van der Waals surface area contributed by atoms with Crippen LogP contribution in [0.4, 0.5) is 4.39 Å². The number of benzene rings is 2. The molecule has 154 valence electrons. The highest BCUT2D eigenvalue weighted by Gasteiger charge is 2.19. The van der Waals surface area contributed by atoms with E-state index < -0.39 is 17.6 Å². The summed E-state index contributed by atoms with van der Waals surface area (Å²) in [5, 5.41) is 9.37. The van der Waals surface area contributed by atoms with Crippen LogP contribution in [0.1, 0.15) is 21.5 Å². The van der Waals surface area contributed by atoms with Gasteiger partial charge >= 0.3 is 5.97 Å². The van der Waals surface area contributed by atoms with Gasteiger partial charge < -0.3 is 14.8 Å². The van der Waals surface area contributed by atoms with E-state index in [9.17, 15) is 14.0 Å². The zero-order valence-electron chi connectivity index (χ0n) is 16.4. The quantitative estimate of drug-likeness (QED) is 0.351. The van der Waals surface area contributed by atoms with Crippen LogP contribution in [-0.2, 0) is 4.79 Å². The Hall–Kier alpha value is -4.26. The third-order valence-corrected chi connectivity index (χ3v) is 4.83. The number of halogens is 1. The summed E-state index contributed by atoms with van der Waals surface area (Å²) in [6.45, 7) is 0. The molecule has 0 aliphatic heterocycles. The number of hydrogen-bond donors (Lipinski definition) is 2. The van der Waals surface area contributed by atoms with Crippen molar-refractivity contribution in [3.8, 4) is 16.9 Å². The van der Waals surface area contributed by atoms with E-state index in [1.807, 2.05) is 12.1 Å². The van der Waals surface area contributed by atoms with Crippen LogP contribution in [-0.4, -0.2) is 33.9 Å². The van der Waals surface area contributed by atoms with Crippen LogP contribution in [0.5, 0.6) is 5.75 Å². The number of ether oxygens (including phenoxy) is 1. The Labute approximate surface area is 176 Å². The summed E-state index contributed by atoms with van der Waals surface area (Å²) in [4.78, 5) is 31.1. The molecule has 0 radical (unpaired) electrons. The average molecular weight is 416 g/mol. The maximum atomic E-state index is 14.3. The Morgan fingerprint density at radius 3 is 2.71 bits per heavy atom. The molecule has 6 nitrogen and oxygen atoms in total. The summed E-state index contributed by atoms with van der Waals surface area (Å²) >= 11 is 0. The van der Waals surface area contributed by atoms with Crippen LogP contribution in [0.2, 0.25) is 0 Å². The first kappa shape index (κ1) is 20.0. The Bertz CT molecular complexity index is 1340. The molecule has 0 atom stereocenters. The van der Waals surface area contributed by atoms with Gasteiger partial charge in [-0.05, 0) is 47.5 Å². The Balaban J connectivity index is 1.76. The van der Waals surface area contributed by atoms with Crippen molar-refractivity contribution in [2.75, 3.05) is 7.11 Å². The van der Waals surface area contributed by atoms with E-state index in [0.29, 0.717) is 27.9 Å². The number of aromatic amines is 1. The maximum absolute atomic E-state index is 14.3. The topological polar surface area (TPSA) is 92.3 Å². The molecule has 2 N–H and O–H groups in total. The molecule has 2 aromatic heterocycles. The number of rotatable bonds is 6. The van der Waals surface area contributed by atoms with Crippen molar-refractivity contribution in [3.63, 3.8) is 0 Å². The van der Waals surface area contributed by atoms with Gasteiger partial charge in [0.1, 0.15) is 17.2 Å². The first-order chi connectivity index (χ1) is 15.0. The summed E-state index contributed by atoms with van der Waals surface area (Å²) in [6, 6.07) is 13.1. The van der Waals surface area contributed by atoms with Crippen LogP contribution in [0.25, 0.3) is 28.2 Å². The summed E-state index contributed by atoms with van der Waals surface area (Å²) in [6.07, 6.45) is 5.72. The number of aromatic nitrogens is 2. The van der Waals surface area contributed by atoms with Gasteiger partial charge in [-0.1, -0.05) is 18.2 Å². The summed E-state index contributed by atoms with van der Waals surface area (Å²) in [7, 11) is 1.45. The monoisotopic (exact) mass is 416 g/mol. The Morgan fingerprint density at radius 1 is 1.10 bits per heavy atom. The Morgan fingerprint density at radius 2 is 1.94 bits per heavy atom. The zero-order chi connectivity index (χ0) is 22.0. The van der Waals surface area contributed by atoms with Gasteiger partial charge in [-0.2, -0.15) is 0 Å². The van der Waals surface area contributed by atoms with Crippen molar-refractivity contribution < 1.29 is 23.8 Å². The smallest absolute Gasteiger partial charge is 0.328 e. The van der Waals surface area contributed by atoms with E-state index in [0.717, 1.165) is 17.2 Å². The van der Waals surface area contributed by atoms with Gasteiger partial charge in [-0.25, -0.2) is 14.2 Å². The molecule has 0 bridgehead atoms. The predicted molar refractivity (Wildman–Crippen MR) is 115 cm³/mol. The van der Waals surface area contributed by atoms with Crippen molar-refractivity contribution >= 4 is 28.9 Å². The molecule has 0 saturated carbocycles. The van der Waals surface area contributed by atoms with E-state index in [-0.39, 0.29) is 5.56 Å². The number of carbonyl (C=O) groups is 2. The molecule has 31 heavy (non-hydrogen) atoms. The summed E-state index contributed by atoms with van der Waals surface area (Å²) < 4.78 is 19.4. The highest BCUT2D eigenvalue weighted by atomic mass is 19.1. The third-order valence-electron chi connectivity index (χ3n) is 4.83. The van der Waals surface area contributed by atoms with Crippen molar-refractivity contribution in [2.24, 2.45) is 0 Å². The molecular formula is C24H17FN2O4. The molecule has 7 heteroatoms. The lowest BCUT2D eigenvalue weighted by molar-refractivity contribution is -0.131. The standard InChI is InChI=1S/C24H17FN2O4/c1-31-17-6-7-21(25)19(11-17)23(30)20-13-27-24-18(20)10-16(12-26-24)15-4-2-3-14(9-15)5-8-22(28)29/h2-13H,1H3,(H,26,27)(H,28,29). The third kappa shape index (κ3) is 4.06. The van der Waals surface area contributed by atoms with Crippen LogP contribution < -0.4 is 4.74 Å². The van der Waals surface area contributed by atoms with Gasteiger partial charge in [-0.15, -0.1) is 0 Å². The molecule has 4 rings (SSSR count). The van der Waals surface area contributed by atoms with E-state index in [2.05, 4.69) is 9.97 Å². The number of H-pyrrole nitrogens is 1. The van der Waals surface area contributed by atoms with Crippen LogP contribution in [0.15, 0.2) is 67.0 Å². The minimum atomic E-state index is -1.03. The largest absolute Gasteiger partial charge is 0.497 e. The number of aliphatic carboxylic acids is 1. The van der Waals surface area contributed by atoms with Gasteiger partial charge in [0.2, 0.25) is 0 Å². The molecule has 2 aromatic carbocycles. The number of carboxylic acids is 1. The average Bonchev–Trinajstić information content (AvgIpc) is 3.21. The van der Waals surface area contributed by atoms with E-state index in [4.69, 9.17) is 9.84 Å². The molecule has 0 amide bonds. The molecular weight excluding hydrogens is 399 g/mol. The highest BCUT2D eigenvalue weighted by Crippen LogP contribution is 2.28. The molecule has 4 aromatic rings. The lowest BCUT2D eigenvalue weighted by atomic mass is 9.99. The predicted octanol–water partition coefficient (Wildman–Crippen LogP) is 4.71. The van der Waals surface area contributed by atoms with E-state index >= 15 is 0 Å². The molecule has 0 fully saturated rings. The molecule has 0 aliphatic rings. The van der Waals surface area contributed by atoms with Gasteiger partial charge in [-0.3, -0.25) is 4.79 Å². The number of hydrogen-bond acceptors (Lipinski definition) is 4. The van der Waals surface area contributed by atoms with Crippen LogP contribution >= 0.6 is 0 Å². The van der Waals surface area contributed by atoms with E-state index in [1.165, 1.54) is 37.6 Å². The molecule has 2 heterocycles. The Kier molecular flexibility index (Phi) is 5.32.